The average Bonchev–Trinajstić information content (AvgIpc) is 2.21. The Morgan fingerprint density at radius 1 is 1.50 bits per heavy atom. The van der Waals surface area contributed by atoms with Crippen molar-refractivity contribution in [2.24, 2.45) is 5.73 Å². The number of benzene rings is 1. The van der Waals surface area contributed by atoms with Crippen LogP contribution in [0, 0.1) is 0 Å². The molecule has 0 amide bonds. The number of aromatic hydroxyl groups is 1. The van der Waals surface area contributed by atoms with Crippen LogP contribution in [0.25, 0.3) is 0 Å². The second-order valence-electron chi connectivity index (χ2n) is 3.11. The number of rotatable bonds is 4. The number of phenolic OH excluding ortho intramolecular Hbond substituents is 1. The summed E-state index contributed by atoms with van der Waals surface area (Å²) in [5.74, 6) is 0.520. The summed E-state index contributed by atoms with van der Waals surface area (Å²) in [6, 6.07) is 4.85. The van der Waals surface area contributed by atoms with Crippen LogP contribution in [0.3, 0.4) is 0 Å². The number of aliphatic hydroxyl groups is 1. The number of phenols is 1. The van der Waals surface area contributed by atoms with Gasteiger partial charge in [-0.3, -0.25) is 0 Å². The molecule has 1 unspecified atom stereocenters. The van der Waals surface area contributed by atoms with Crippen LogP contribution in [0.2, 0.25) is 0 Å². The summed E-state index contributed by atoms with van der Waals surface area (Å²) in [5, 5.41) is 18.4. The van der Waals surface area contributed by atoms with Gasteiger partial charge in [0, 0.05) is 6.04 Å². The van der Waals surface area contributed by atoms with E-state index in [9.17, 15) is 5.11 Å². The number of hydrogen-bond acceptors (Lipinski definition) is 4. The third-order valence-electron chi connectivity index (χ3n) is 2.02. The highest BCUT2D eigenvalue weighted by molar-refractivity contribution is 5.45. The van der Waals surface area contributed by atoms with Gasteiger partial charge < -0.3 is 20.7 Å². The summed E-state index contributed by atoms with van der Waals surface area (Å²) in [6.07, 6.45) is 0.430. The van der Waals surface area contributed by atoms with Crippen molar-refractivity contribution >= 4 is 0 Å². The molecule has 14 heavy (non-hydrogen) atoms. The van der Waals surface area contributed by atoms with E-state index in [1.54, 1.807) is 18.2 Å². The summed E-state index contributed by atoms with van der Waals surface area (Å²) in [5.41, 5.74) is 6.25. The van der Waals surface area contributed by atoms with Crippen molar-refractivity contribution in [3.05, 3.63) is 23.8 Å². The van der Waals surface area contributed by atoms with Crippen LogP contribution in [0.15, 0.2) is 18.2 Å². The Morgan fingerprint density at radius 3 is 2.79 bits per heavy atom. The van der Waals surface area contributed by atoms with E-state index in [0.29, 0.717) is 17.7 Å². The second kappa shape index (κ2) is 4.83. The van der Waals surface area contributed by atoms with Gasteiger partial charge in [0.25, 0.3) is 0 Å². The quantitative estimate of drug-likeness (QED) is 0.647. The highest BCUT2D eigenvalue weighted by atomic mass is 16.5. The third kappa shape index (κ3) is 2.37. The maximum atomic E-state index is 9.67. The molecule has 0 spiro atoms. The van der Waals surface area contributed by atoms with E-state index >= 15 is 0 Å². The lowest BCUT2D eigenvalue weighted by Gasteiger charge is -2.11. The van der Waals surface area contributed by atoms with Gasteiger partial charge in [0.05, 0.1) is 13.7 Å². The van der Waals surface area contributed by atoms with Gasteiger partial charge in [-0.05, 0) is 18.1 Å². The highest BCUT2D eigenvalue weighted by Crippen LogP contribution is 2.29. The van der Waals surface area contributed by atoms with E-state index in [2.05, 4.69) is 0 Å². The number of nitrogens with two attached hydrogens (primary N) is 1. The van der Waals surface area contributed by atoms with Crippen LogP contribution >= 0.6 is 0 Å². The van der Waals surface area contributed by atoms with Crippen molar-refractivity contribution in [2.45, 2.75) is 12.5 Å². The lowest BCUT2D eigenvalue weighted by molar-refractivity contribution is 0.264. The molecule has 78 valence electrons. The molecular formula is C10H15NO3. The molecule has 0 heterocycles. The number of para-hydroxylation sites is 1. The monoisotopic (exact) mass is 197 g/mol. The molecule has 0 aromatic heterocycles. The van der Waals surface area contributed by atoms with Crippen molar-refractivity contribution < 1.29 is 14.9 Å². The Balaban J connectivity index is 2.86. The molecule has 1 rings (SSSR count). The predicted molar refractivity (Wildman–Crippen MR) is 53.4 cm³/mol. The maximum Gasteiger partial charge on any atom is 0.160 e. The van der Waals surface area contributed by atoms with Crippen LogP contribution < -0.4 is 10.5 Å². The maximum absolute atomic E-state index is 9.67. The molecule has 4 nitrogen and oxygen atoms in total. The number of methoxy groups -OCH3 is 1. The molecule has 0 fully saturated rings. The fourth-order valence-corrected chi connectivity index (χ4v) is 1.24. The third-order valence-corrected chi connectivity index (χ3v) is 2.02. The Kier molecular flexibility index (Phi) is 3.73. The zero-order valence-corrected chi connectivity index (χ0v) is 8.10. The first-order chi connectivity index (χ1) is 6.69. The molecule has 0 saturated carbocycles. The van der Waals surface area contributed by atoms with E-state index in [-0.39, 0.29) is 18.4 Å². The Hall–Kier alpha value is -1.26. The molecule has 0 aliphatic rings. The van der Waals surface area contributed by atoms with Crippen molar-refractivity contribution in [3.8, 4) is 11.5 Å². The van der Waals surface area contributed by atoms with E-state index < -0.39 is 0 Å². The van der Waals surface area contributed by atoms with Crippen molar-refractivity contribution in [1.82, 2.24) is 0 Å². The Labute approximate surface area is 82.9 Å². The van der Waals surface area contributed by atoms with Gasteiger partial charge in [-0.25, -0.2) is 0 Å². The first-order valence-electron chi connectivity index (χ1n) is 4.40. The molecule has 4 heteroatoms. The second-order valence-corrected chi connectivity index (χ2v) is 3.11. The lowest BCUT2D eigenvalue weighted by Crippen LogP contribution is -2.26. The van der Waals surface area contributed by atoms with Crippen molar-refractivity contribution in [2.75, 3.05) is 13.7 Å². The van der Waals surface area contributed by atoms with Crippen LogP contribution in [-0.4, -0.2) is 30.0 Å². The molecule has 1 atom stereocenters. The molecule has 0 saturated heterocycles. The zero-order chi connectivity index (χ0) is 10.6. The lowest BCUT2D eigenvalue weighted by atomic mass is 10.1. The fraction of sp³-hybridized carbons (Fsp3) is 0.400. The topological polar surface area (TPSA) is 75.7 Å². The molecular weight excluding hydrogens is 182 g/mol. The van der Waals surface area contributed by atoms with Gasteiger partial charge in [0.15, 0.2) is 11.5 Å². The first kappa shape index (κ1) is 10.8. The van der Waals surface area contributed by atoms with Gasteiger partial charge in [0.2, 0.25) is 0 Å². The first-order valence-corrected chi connectivity index (χ1v) is 4.40. The fourth-order valence-electron chi connectivity index (χ4n) is 1.24. The molecule has 0 aliphatic heterocycles. The minimum absolute atomic E-state index is 0.0962. The summed E-state index contributed by atoms with van der Waals surface area (Å²) in [7, 11) is 1.49. The number of hydrogen-bond donors (Lipinski definition) is 3. The zero-order valence-electron chi connectivity index (χ0n) is 8.10. The van der Waals surface area contributed by atoms with Gasteiger partial charge in [0.1, 0.15) is 0 Å². The van der Waals surface area contributed by atoms with Crippen LogP contribution in [0.5, 0.6) is 11.5 Å². The van der Waals surface area contributed by atoms with Crippen molar-refractivity contribution in [3.63, 3.8) is 0 Å². The minimum atomic E-state index is -0.354. The normalized spacial score (nSPS) is 12.5. The van der Waals surface area contributed by atoms with Crippen molar-refractivity contribution in [1.29, 1.82) is 0 Å². The summed E-state index contributed by atoms with van der Waals surface area (Å²) < 4.78 is 4.95. The van der Waals surface area contributed by atoms with E-state index in [1.807, 2.05) is 0 Å². The van der Waals surface area contributed by atoms with Crippen LogP contribution in [-0.2, 0) is 6.42 Å². The molecule has 1 aromatic carbocycles. The molecule has 0 bridgehead atoms. The molecule has 1 aromatic rings. The minimum Gasteiger partial charge on any atom is -0.504 e. The van der Waals surface area contributed by atoms with Crippen LogP contribution in [0.1, 0.15) is 5.56 Å². The Bertz CT molecular complexity index is 301. The van der Waals surface area contributed by atoms with Gasteiger partial charge in [-0.15, -0.1) is 0 Å². The summed E-state index contributed by atoms with van der Waals surface area (Å²) in [6.45, 7) is -0.101. The predicted octanol–water partition coefficient (Wildman–Crippen LogP) is 0.263. The van der Waals surface area contributed by atoms with E-state index in [4.69, 9.17) is 15.6 Å². The van der Waals surface area contributed by atoms with Crippen LogP contribution in [0.4, 0.5) is 0 Å². The van der Waals surface area contributed by atoms with Gasteiger partial charge in [-0.1, -0.05) is 12.1 Å². The molecule has 0 aliphatic carbocycles. The molecule has 0 radical (unpaired) electrons. The van der Waals surface area contributed by atoms with Gasteiger partial charge >= 0.3 is 0 Å². The van der Waals surface area contributed by atoms with Gasteiger partial charge in [-0.2, -0.15) is 0 Å². The van der Waals surface area contributed by atoms with E-state index in [0.717, 1.165) is 0 Å². The largest absolute Gasteiger partial charge is 0.504 e. The standard InChI is InChI=1S/C10H15NO3/c1-14-9-4-2-3-7(10(9)13)5-8(11)6-12/h2-4,8,12-13H,5-6,11H2,1H3. The van der Waals surface area contributed by atoms with E-state index in [1.165, 1.54) is 7.11 Å². The Morgan fingerprint density at radius 2 is 2.21 bits per heavy atom. The number of ether oxygens (including phenoxy) is 1. The SMILES string of the molecule is COc1cccc(CC(N)CO)c1O. The molecule has 4 N–H and O–H groups in total. The average molecular weight is 197 g/mol. The number of aliphatic hydroxyl groups excluding tert-OH is 1. The summed E-state index contributed by atoms with van der Waals surface area (Å²) in [4.78, 5) is 0. The highest BCUT2D eigenvalue weighted by Gasteiger charge is 2.10. The summed E-state index contributed by atoms with van der Waals surface area (Å²) >= 11 is 0. The smallest absolute Gasteiger partial charge is 0.160 e.